The van der Waals surface area contributed by atoms with Crippen molar-refractivity contribution in [2.24, 2.45) is 0 Å². The number of aromatic carboxylic acids is 1. The van der Waals surface area contributed by atoms with Crippen molar-refractivity contribution in [3.8, 4) is 16.9 Å². The average molecular weight is 354 g/mol. The molecule has 3 aromatic rings. The Morgan fingerprint density at radius 3 is 2.48 bits per heavy atom. The molecule has 0 amide bonds. The lowest BCUT2D eigenvalue weighted by molar-refractivity contribution is 0.0689. The van der Waals surface area contributed by atoms with Crippen molar-refractivity contribution in [1.82, 2.24) is 9.78 Å². The van der Waals surface area contributed by atoms with Gasteiger partial charge < -0.3 is 5.11 Å². The van der Waals surface area contributed by atoms with Crippen LogP contribution in [0.4, 0.5) is 0 Å². The number of hydrogen-bond acceptors (Lipinski definition) is 4. The fraction of sp³-hybridized carbons (Fsp3) is 0.111. The van der Waals surface area contributed by atoms with E-state index in [-0.39, 0.29) is 21.9 Å². The molecule has 1 N–H and O–H groups in total. The summed E-state index contributed by atoms with van der Waals surface area (Å²) in [5.74, 6) is -1.61. The highest BCUT2D eigenvalue weighted by atomic mass is 32.2. The topological polar surface area (TPSA) is 89.3 Å². The van der Waals surface area contributed by atoms with Gasteiger partial charge in [-0.1, -0.05) is 35.9 Å². The van der Waals surface area contributed by atoms with Crippen LogP contribution in [0.25, 0.3) is 16.9 Å². The summed E-state index contributed by atoms with van der Waals surface area (Å²) in [5, 5.41) is 13.7. The zero-order valence-corrected chi connectivity index (χ0v) is 14.1. The highest BCUT2D eigenvalue weighted by Crippen LogP contribution is 2.40. The molecule has 6 nitrogen and oxygen atoms in total. The summed E-state index contributed by atoms with van der Waals surface area (Å²) < 4.78 is 26.7. The van der Waals surface area contributed by atoms with E-state index in [1.807, 2.05) is 31.2 Å². The first kappa shape index (κ1) is 15.6. The Morgan fingerprint density at radius 1 is 1.12 bits per heavy atom. The van der Waals surface area contributed by atoms with Crippen molar-refractivity contribution in [2.75, 3.05) is 0 Å². The number of carboxylic acid groups (broad SMARTS) is 1. The van der Waals surface area contributed by atoms with Gasteiger partial charge in [-0.2, -0.15) is 5.10 Å². The molecular weight excluding hydrogens is 340 g/mol. The van der Waals surface area contributed by atoms with Gasteiger partial charge in [0.1, 0.15) is 0 Å². The Balaban J connectivity index is 2.09. The van der Waals surface area contributed by atoms with E-state index in [9.17, 15) is 18.3 Å². The Hall–Kier alpha value is -2.93. The molecule has 0 unspecified atom stereocenters. The number of rotatable bonds is 2. The molecule has 1 aliphatic heterocycles. The quantitative estimate of drug-likeness (QED) is 0.764. The van der Waals surface area contributed by atoms with Crippen molar-refractivity contribution < 1.29 is 18.3 Å². The van der Waals surface area contributed by atoms with Crippen LogP contribution < -0.4 is 0 Å². The molecule has 1 aromatic heterocycles. The van der Waals surface area contributed by atoms with Crippen LogP contribution in [0.5, 0.6) is 0 Å². The maximum atomic E-state index is 12.6. The Kier molecular flexibility index (Phi) is 3.30. The summed E-state index contributed by atoms with van der Waals surface area (Å²) in [6, 6.07) is 14.1. The van der Waals surface area contributed by atoms with Crippen LogP contribution in [-0.4, -0.2) is 29.3 Å². The van der Waals surface area contributed by atoms with Crippen LogP contribution in [0.1, 0.15) is 21.6 Å². The van der Waals surface area contributed by atoms with E-state index in [2.05, 4.69) is 5.10 Å². The summed E-state index contributed by atoms with van der Waals surface area (Å²) in [6.45, 7) is 1.95. The smallest absolute Gasteiger partial charge is 0.356 e. The van der Waals surface area contributed by atoms with E-state index >= 15 is 0 Å². The summed E-state index contributed by atoms with van der Waals surface area (Å²) >= 11 is 0. The summed E-state index contributed by atoms with van der Waals surface area (Å²) in [5.41, 5.74) is 2.74. The number of aryl methyl sites for hydroxylation is 1. The van der Waals surface area contributed by atoms with Crippen molar-refractivity contribution in [1.29, 1.82) is 0 Å². The van der Waals surface area contributed by atoms with Gasteiger partial charge in [0.15, 0.2) is 15.5 Å². The Labute approximate surface area is 144 Å². The predicted octanol–water partition coefficient (Wildman–Crippen LogP) is 2.83. The lowest BCUT2D eigenvalue weighted by Gasteiger charge is -2.18. The van der Waals surface area contributed by atoms with E-state index in [0.29, 0.717) is 16.9 Å². The number of carboxylic acids is 1. The fourth-order valence-corrected chi connectivity index (χ4v) is 4.70. The molecule has 0 spiro atoms. The van der Waals surface area contributed by atoms with E-state index in [0.717, 1.165) is 5.56 Å². The Morgan fingerprint density at radius 2 is 1.80 bits per heavy atom. The van der Waals surface area contributed by atoms with Gasteiger partial charge in [-0.25, -0.2) is 17.9 Å². The van der Waals surface area contributed by atoms with E-state index in [1.54, 1.807) is 24.3 Å². The molecule has 0 saturated carbocycles. The number of carbonyl (C=O) groups is 1. The predicted molar refractivity (Wildman–Crippen MR) is 91.6 cm³/mol. The molecule has 126 valence electrons. The standard InChI is InChI=1S/C18H14N2O4S/c1-11-6-8-12(9-7-11)20-17-13-4-2-3-5-15(13)25(23,24)10-14(17)16(19-20)18(21)22/h2-9H,10H2,1H3,(H,21,22). The second-order valence-corrected chi connectivity index (χ2v) is 7.94. The van der Waals surface area contributed by atoms with Gasteiger partial charge in [0, 0.05) is 11.1 Å². The van der Waals surface area contributed by atoms with Crippen LogP contribution >= 0.6 is 0 Å². The van der Waals surface area contributed by atoms with Crippen LogP contribution in [0, 0.1) is 6.92 Å². The van der Waals surface area contributed by atoms with Gasteiger partial charge in [-0.05, 0) is 25.1 Å². The molecule has 0 radical (unpaired) electrons. The average Bonchev–Trinajstić information content (AvgIpc) is 2.94. The van der Waals surface area contributed by atoms with E-state index in [1.165, 1.54) is 4.68 Å². The van der Waals surface area contributed by atoms with Crippen molar-refractivity contribution in [2.45, 2.75) is 17.6 Å². The van der Waals surface area contributed by atoms with E-state index in [4.69, 9.17) is 0 Å². The maximum absolute atomic E-state index is 12.6. The number of aromatic nitrogens is 2. The van der Waals surface area contributed by atoms with E-state index < -0.39 is 15.8 Å². The molecule has 7 heteroatoms. The molecule has 0 aliphatic carbocycles. The van der Waals surface area contributed by atoms with Gasteiger partial charge in [-0.3, -0.25) is 0 Å². The second-order valence-electron chi connectivity index (χ2n) is 5.98. The largest absolute Gasteiger partial charge is 0.476 e. The first-order valence-electron chi connectivity index (χ1n) is 7.63. The molecule has 2 aromatic carbocycles. The van der Waals surface area contributed by atoms with Crippen LogP contribution in [0.3, 0.4) is 0 Å². The molecule has 0 bridgehead atoms. The molecule has 1 aliphatic rings. The van der Waals surface area contributed by atoms with Crippen molar-refractivity contribution >= 4 is 15.8 Å². The first-order valence-corrected chi connectivity index (χ1v) is 9.28. The minimum absolute atomic E-state index is 0.202. The zero-order chi connectivity index (χ0) is 17.8. The van der Waals surface area contributed by atoms with Crippen molar-refractivity contribution in [3.05, 3.63) is 65.4 Å². The highest BCUT2D eigenvalue weighted by molar-refractivity contribution is 7.90. The lowest BCUT2D eigenvalue weighted by Crippen LogP contribution is -2.15. The van der Waals surface area contributed by atoms with Crippen LogP contribution in [-0.2, 0) is 15.6 Å². The minimum atomic E-state index is -3.60. The van der Waals surface area contributed by atoms with Crippen LogP contribution in [0.15, 0.2) is 53.4 Å². The molecule has 0 saturated heterocycles. The van der Waals surface area contributed by atoms with Gasteiger partial charge in [0.05, 0.1) is 22.0 Å². The first-order chi connectivity index (χ1) is 11.9. The number of sulfone groups is 1. The monoisotopic (exact) mass is 354 g/mol. The second kappa shape index (κ2) is 5.29. The van der Waals surface area contributed by atoms with Crippen molar-refractivity contribution in [3.63, 3.8) is 0 Å². The summed E-state index contributed by atoms with van der Waals surface area (Å²) in [4.78, 5) is 11.8. The molecule has 0 fully saturated rings. The van der Waals surface area contributed by atoms with Gasteiger partial charge >= 0.3 is 5.97 Å². The zero-order valence-electron chi connectivity index (χ0n) is 13.3. The summed E-state index contributed by atoms with van der Waals surface area (Å²) in [6.07, 6.45) is 0. The van der Waals surface area contributed by atoms with Gasteiger partial charge in [-0.15, -0.1) is 0 Å². The molecule has 4 rings (SSSR count). The van der Waals surface area contributed by atoms with Crippen LogP contribution in [0.2, 0.25) is 0 Å². The Bertz CT molecular complexity index is 1110. The number of fused-ring (bicyclic) bond motifs is 3. The fourth-order valence-electron chi connectivity index (χ4n) is 3.11. The third-order valence-corrected chi connectivity index (χ3v) is 5.97. The number of nitrogens with zero attached hydrogens (tertiary/aromatic N) is 2. The third kappa shape index (κ3) is 2.35. The highest BCUT2D eigenvalue weighted by Gasteiger charge is 2.35. The molecule has 0 atom stereocenters. The normalized spacial score (nSPS) is 14.6. The van der Waals surface area contributed by atoms with Gasteiger partial charge in [0.2, 0.25) is 0 Å². The number of benzene rings is 2. The van der Waals surface area contributed by atoms with Gasteiger partial charge in [0.25, 0.3) is 0 Å². The lowest BCUT2D eigenvalue weighted by atomic mass is 10.1. The summed E-state index contributed by atoms with van der Waals surface area (Å²) in [7, 11) is -3.60. The molecule has 25 heavy (non-hydrogen) atoms. The molecule has 2 heterocycles. The SMILES string of the molecule is Cc1ccc(-n2nc(C(=O)O)c3c2-c2ccccc2S(=O)(=O)C3)cc1. The maximum Gasteiger partial charge on any atom is 0.356 e. The number of hydrogen-bond donors (Lipinski definition) is 1. The molecular formula is C18H14N2O4S. The third-order valence-electron chi connectivity index (χ3n) is 4.28. The minimum Gasteiger partial charge on any atom is -0.476 e.